The standard InChI is InChI=1S/C19H27FN6.HI/c1-14-24-25-18(26(14)2)13-22-19(23-17-6-4-3-5-7-17)21-12-15-8-10-16(20)11-9-15;/h8-11,17H,3-7,12-13H2,1-2H3,(H2,21,22,23);1H. The van der Waals surface area contributed by atoms with Gasteiger partial charge in [-0.1, -0.05) is 31.4 Å². The van der Waals surface area contributed by atoms with Crippen molar-refractivity contribution in [3.8, 4) is 0 Å². The maximum Gasteiger partial charge on any atom is 0.192 e. The van der Waals surface area contributed by atoms with Crippen molar-refractivity contribution in [3.05, 3.63) is 47.3 Å². The number of nitrogens with zero attached hydrogens (tertiary/aromatic N) is 4. The Labute approximate surface area is 177 Å². The number of aryl methyl sites for hydroxylation is 1. The minimum atomic E-state index is -0.228. The first-order valence-corrected chi connectivity index (χ1v) is 9.26. The summed E-state index contributed by atoms with van der Waals surface area (Å²) in [6.07, 6.45) is 6.16. The maximum atomic E-state index is 13.1. The van der Waals surface area contributed by atoms with E-state index in [1.54, 1.807) is 12.1 Å². The summed E-state index contributed by atoms with van der Waals surface area (Å²) < 4.78 is 15.0. The van der Waals surface area contributed by atoms with Gasteiger partial charge in [0.1, 0.15) is 11.6 Å². The monoisotopic (exact) mass is 486 g/mol. The van der Waals surface area contributed by atoms with Crippen LogP contribution >= 0.6 is 24.0 Å². The average Bonchev–Trinajstić information content (AvgIpc) is 2.98. The molecular formula is C19H28FIN6. The van der Waals surface area contributed by atoms with Crippen LogP contribution in [-0.2, 0) is 20.1 Å². The Hall–Kier alpha value is -1.71. The van der Waals surface area contributed by atoms with E-state index >= 15 is 0 Å². The molecule has 1 aliphatic rings. The SMILES string of the molecule is Cc1nnc(CNC(=NCc2ccc(F)cc2)NC2CCCCC2)n1C.I. The number of halogens is 2. The van der Waals surface area contributed by atoms with Gasteiger partial charge in [0.2, 0.25) is 0 Å². The number of rotatable bonds is 5. The van der Waals surface area contributed by atoms with Gasteiger partial charge in [0.25, 0.3) is 0 Å². The van der Waals surface area contributed by atoms with Crippen LogP contribution < -0.4 is 10.6 Å². The van der Waals surface area contributed by atoms with E-state index in [1.807, 2.05) is 18.5 Å². The fourth-order valence-corrected chi connectivity index (χ4v) is 3.12. The predicted molar refractivity (Wildman–Crippen MR) is 116 cm³/mol. The summed E-state index contributed by atoms with van der Waals surface area (Å²) in [6.45, 7) is 2.99. The van der Waals surface area contributed by atoms with Crippen molar-refractivity contribution < 1.29 is 4.39 Å². The third-order valence-electron chi connectivity index (χ3n) is 4.88. The Bertz CT molecular complexity index is 737. The molecule has 0 atom stereocenters. The molecule has 2 aromatic rings. The molecule has 1 fully saturated rings. The molecule has 0 unspecified atom stereocenters. The van der Waals surface area contributed by atoms with Gasteiger partial charge in [0.05, 0.1) is 13.1 Å². The zero-order valence-corrected chi connectivity index (χ0v) is 18.2. The van der Waals surface area contributed by atoms with Crippen molar-refractivity contribution in [2.45, 2.75) is 58.2 Å². The van der Waals surface area contributed by atoms with E-state index < -0.39 is 0 Å². The number of guanidine groups is 1. The van der Waals surface area contributed by atoms with Crippen LogP contribution in [0, 0.1) is 12.7 Å². The number of nitrogens with one attached hydrogen (secondary N) is 2. The van der Waals surface area contributed by atoms with E-state index in [2.05, 4.69) is 25.8 Å². The highest BCUT2D eigenvalue weighted by atomic mass is 127. The second-order valence-electron chi connectivity index (χ2n) is 6.85. The highest BCUT2D eigenvalue weighted by molar-refractivity contribution is 14.0. The fourth-order valence-electron chi connectivity index (χ4n) is 3.12. The van der Waals surface area contributed by atoms with Gasteiger partial charge in [-0.05, 0) is 37.5 Å². The van der Waals surface area contributed by atoms with Crippen LogP contribution in [0.5, 0.6) is 0 Å². The van der Waals surface area contributed by atoms with E-state index in [-0.39, 0.29) is 29.8 Å². The summed E-state index contributed by atoms with van der Waals surface area (Å²) in [6, 6.07) is 6.92. The molecule has 1 aliphatic carbocycles. The number of aromatic nitrogens is 3. The van der Waals surface area contributed by atoms with Crippen molar-refractivity contribution >= 4 is 29.9 Å². The van der Waals surface area contributed by atoms with Crippen LogP contribution in [-0.4, -0.2) is 26.8 Å². The highest BCUT2D eigenvalue weighted by Crippen LogP contribution is 2.17. The number of aliphatic imine (C=N–C) groups is 1. The van der Waals surface area contributed by atoms with Crippen LogP contribution in [0.25, 0.3) is 0 Å². The van der Waals surface area contributed by atoms with Crippen LogP contribution in [0.4, 0.5) is 4.39 Å². The van der Waals surface area contributed by atoms with Gasteiger partial charge in [-0.2, -0.15) is 0 Å². The fraction of sp³-hybridized carbons (Fsp3) is 0.526. The average molecular weight is 486 g/mol. The lowest BCUT2D eigenvalue weighted by atomic mass is 9.96. The van der Waals surface area contributed by atoms with Crippen molar-refractivity contribution in [1.29, 1.82) is 0 Å². The molecule has 6 nitrogen and oxygen atoms in total. The first-order chi connectivity index (χ1) is 12.6. The van der Waals surface area contributed by atoms with Gasteiger partial charge >= 0.3 is 0 Å². The molecule has 1 aromatic heterocycles. The number of hydrogen-bond donors (Lipinski definition) is 2. The first kappa shape index (κ1) is 21.6. The minimum Gasteiger partial charge on any atom is -0.354 e. The summed E-state index contributed by atoms with van der Waals surface area (Å²) >= 11 is 0. The summed E-state index contributed by atoms with van der Waals surface area (Å²) in [5.41, 5.74) is 0.977. The van der Waals surface area contributed by atoms with E-state index in [1.165, 1.54) is 44.2 Å². The van der Waals surface area contributed by atoms with Gasteiger partial charge in [-0.25, -0.2) is 9.38 Å². The molecule has 0 amide bonds. The molecule has 1 aromatic carbocycles. The molecule has 3 rings (SSSR count). The third kappa shape index (κ3) is 6.44. The lowest BCUT2D eigenvalue weighted by molar-refractivity contribution is 0.409. The number of benzene rings is 1. The topological polar surface area (TPSA) is 67.1 Å². The van der Waals surface area contributed by atoms with E-state index in [4.69, 9.17) is 0 Å². The van der Waals surface area contributed by atoms with Crippen molar-refractivity contribution in [3.63, 3.8) is 0 Å². The molecule has 0 saturated heterocycles. The zero-order valence-electron chi connectivity index (χ0n) is 15.9. The van der Waals surface area contributed by atoms with E-state index in [9.17, 15) is 4.39 Å². The molecule has 0 aliphatic heterocycles. The van der Waals surface area contributed by atoms with Gasteiger partial charge in [0.15, 0.2) is 11.8 Å². The predicted octanol–water partition coefficient (Wildman–Crippen LogP) is 3.45. The van der Waals surface area contributed by atoms with Gasteiger partial charge < -0.3 is 15.2 Å². The molecule has 8 heteroatoms. The molecular weight excluding hydrogens is 458 g/mol. The van der Waals surface area contributed by atoms with Crippen LogP contribution in [0.15, 0.2) is 29.3 Å². The molecule has 0 spiro atoms. The summed E-state index contributed by atoms with van der Waals surface area (Å²) in [7, 11) is 1.95. The Morgan fingerprint density at radius 1 is 1.19 bits per heavy atom. The maximum absolute atomic E-state index is 13.1. The highest BCUT2D eigenvalue weighted by Gasteiger charge is 2.15. The third-order valence-corrected chi connectivity index (χ3v) is 4.88. The molecule has 1 saturated carbocycles. The summed E-state index contributed by atoms with van der Waals surface area (Å²) in [5, 5.41) is 15.2. The lowest BCUT2D eigenvalue weighted by Gasteiger charge is -2.25. The molecule has 27 heavy (non-hydrogen) atoms. The van der Waals surface area contributed by atoms with Crippen LogP contribution in [0.3, 0.4) is 0 Å². The normalized spacial score (nSPS) is 15.3. The minimum absolute atomic E-state index is 0. The molecule has 2 N–H and O–H groups in total. The summed E-state index contributed by atoms with van der Waals surface area (Å²) in [4.78, 5) is 4.68. The van der Waals surface area contributed by atoms with Gasteiger partial charge in [-0.3, -0.25) is 0 Å². The Kier molecular flexibility index (Phi) is 8.46. The van der Waals surface area contributed by atoms with E-state index in [0.717, 1.165) is 23.2 Å². The van der Waals surface area contributed by atoms with Crippen molar-refractivity contribution in [2.24, 2.45) is 12.0 Å². The van der Waals surface area contributed by atoms with Crippen LogP contribution in [0.2, 0.25) is 0 Å². The lowest BCUT2D eigenvalue weighted by Crippen LogP contribution is -2.44. The second kappa shape index (κ2) is 10.6. The quantitative estimate of drug-likeness (QED) is 0.386. The largest absolute Gasteiger partial charge is 0.354 e. The van der Waals surface area contributed by atoms with Crippen molar-refractivity contribution in [2.75, 3.05) is 0 Å². The molecule has 0 radical (unpaired) electrons. The Morgan fingerprint density at radius 3 is 2.52 bits per heavy atom. The van der Waals surface area contributed by atoms with E-state index in [0.29, 0.717) is 19.1 Å². The zero-order chi connectivity index (χ0) is 18.4. The molecule has 148 valence electrons. The van der Waals surface area contributed by atoms with Gasteiger partial charge in [0, 0.05) is 13.1 Å². The first-order valence-electron chi connectivity index (χ1n) is 9.26. The van der Waals surface area contributed by atoms with Gasteiger partial charge in [-0.15, -0.1) is 34.2 Å². The Morgan fingerprint density at radius 2 is 1.89 bits per heavy atom. The molecule has 1 heterocycles. The van der Waals surface area contributed by atoms with Crippen LogP contribution in [0.1, 0.15) is 49.3 Å². The number of hydrogen-bond acceptors (Lipinski definition) is 3. The summed E-state index contributed by atoms with van der Waals surface area (Å²) in [5.74, 6) is 2.28. The second-order valence-corrected chi connectivity index (χ2v) is 6.85. The Balaban J connectivity index is 0.00000261. The van der Waals surface area contributed by atoms with Crippen molar-refractivity contribution in [1.82, 2.24) is 25.4 Å². The molecule has 0 bridgehead atoms. The smallest absolute Gasteiger partial charge is 0.192 e.